The van der Waals surface area contributed by atoms with Crippen molar-refractivity contribution in [3.8, 4) is 0 Å². The van der Waals surface area contributed by atoms with Crippen LogP contribution in [0.2, 0.25) is 0 Å². The Morgan fingerprint density at radius 3 is 2.46 bits per heavy atom. The number of aryl methyl sites for hydroxylation is 1. The van der Waals surface area contributed by atoms with E-state index in [9.17, 15) is 13.2 Å². The van der Waals surface area contributed by atoms with E-state index in [-0.39, 0.29) is 28.7 Å². The standard InChI is InChI=1S/C19H18N2O3S2/c1-13-7-9-15(10-8-13)21-16-11-26(23,24)12-17(16)25-19(21)20-18(22)14-5-3-2-4-6-14/h2-10,16-17H,11-12H2,1H3/t16-,17-/m1/s1. The number of amides is 1. The summed E-state index contributed by atoms with van der Waals surface area (Å²) in [5, 5.41) is 0.483. The molecule has 26 heavy (non-hydrogen) atoms. The summed E-state index contributed by atoms with van der Waals surface area (Å²) in [7, 11) is -3.06. The third-order valence-corrected chi connectivity index (χ3v) is 7.81. The second-order valence-electron chi connectivity index (χ2n) is 6.57. The van der Waals surface area contributed by atoms with E-state index in [0.29, 0.717) is 10.7 Å². The minimum atomic E-state index is -3.06. The number of carbonyl (C=O) groups excluding carboxylic acids is 1. The largest absolute Gasteiger partial charge is 0.316 e. The fourth-order valence-electron chi connectivity index (χ4n) is 3.30. The van der Waals surface area contributed by atoms with Crippen molar-refractivity contribution in [2.45, 2.75) is 18.2 Å². The molecule has 0 spiro atoms. The third-order valence-electron chi connectivity index (χ3n) is 4.60. The van der Waals surface area contributed by atoms with E-state index >= 15 is 0 Å². The van der Waals surface area contributed by atoms with Crippen molar-refractivity contribution in [3.63, 3.8) is 0 Å². The van der Waals surface area contributed by atoms with E-state index in [2.05, 4.69) is 4.99 Å². The van der Waals surface area contributed by atoms with E-state index in [1.807, 2.05) is 42.2 Å². The molecule has 7 heteroatoms. The van der Waals surface area contributed by atoms with Gasteiger partial charge in [0, 0.05) is 16.5 Å². The molecule has 2 aromatic carbocycles. The van der Waals surface area contributed by atoms with Crippen molar-refractivity contribution < 1.29 is 13.2 Å². The summed E-state index contributed by atoms with van der Waals surface area (Å²) < 4.78 is 24.2. The molecule has 2 aliphatic rings. The Kier molecular flexibility index (Phi) is 4.36. The molecule has 4 rings (SSSR count). The average molecular weight is 386 g/mol. The first-order chi connectivity index (χ1) is 12.4. The molecule has 0 aromatic heterocycles. The first-order valence-electron chi connectivity index (χ1n) is 8.34. The fraction of sp³-hybridized carbons (Fsp3) is 0.263. The lowest BCUT2D eigenvalue weighted by Gasteiger charge is -2.24. The lowest BCUT2D eigenvalue weighted by Crippen LogP contribution is -2.37. The zero-order valence-electron chi connectivity index (χ0n) is 14.2. The maximum absolute atomic E-state index is 12.5. The van der Waals surface area contributed by atoms with E-state index < -0.39 is 9.84 Å². The van der Waals surface area contributed by atoms with Gasteiger partial charge in [0.25, 0.3) is 5.91 Å². The Hall–Kier alpha value is -2.12. The molecule has 2 heterocycles. The number of nitrogens with zero attached hydrogens (tertiary/aromatic N) is 2. The van der Waals surface area contributed by atoms with E-state index in [0.717, 1.165) is 11.3 Å². The lowest BCUT2D eigenvalue weighted by molar-refractivity contribution is 0.100. The molecule has 1 amide bonds. The normalized spacial score (nSPS) is 25.4. The van der Waals surface area contributed by atoms with Gasteiger partial charge in [-0.2, -0.15) is 4.99 Å². The summed E-state index contributed by atoms with van der Waals surface area (Å²) in [6, 6.07) is 16.6. The van der Waals surface area contributed by atoms with Crippen LogP contribution in [0.4, 0.5) is 5.69 Å². The number of fused-ring (bicyclic) bond motifs is 1. The zero-order valence-corrected chi connectivity index (χ0v) is 15.8. The highest BCUT2D eigenvalue weighted by molar-refractivity contribution is 8.16. The minimum absolute atomic E-state index is 0.0939. The molecule has 0 saturated carbocycles. The second kappa shape index (κ2) is 6.55. The van der Waals surface area contributed by atoms with Gasteiger partial charge in [0.1, 0.15) is 0 Å². The molecule has 2 aliphatic heterocycles. The van der Waals surface area contributed by atoms with Crippen LogP contribution in [-0.4, -0.2) is 42.3 Å². The molecule has 0 radical (unpaired) electrons. The Morgan fingerprint density at radius 2 is 1.77 bits per heavy atom. The summed E-state index contributed by atoms with van der Waals surface area (Å²) in [6.45, 7) is 2.00. The van der Waals surface area contributed by atoms with Crippen molar-refractivity contribution in [2.24, 2.45) is 4.99 Å². The number of anilines is 1. The molecule has 0 bridgehead atoms. The molecular weight excluding hydrogens is 368 g/mol. The molecule has 0 aliphatic carbocycles. The van der Waals surface area contributed by atoms with Crippen molar-refractivity contribution in [1.29, 1.82) is 0 Å². The number of rotatable bonds is 2. The first kappa shape index (κ1) is 17.3. The van der Waals surface area contributed by atoms with Crippen LogP contribution in [-0.2, 0) is 9.84 Å². The fourth-order valence-corrected chi connectivity index (χ4v) is 7.22. The predicted molar refractivity (Wildman–Crippen MR) is 106 cm³/mol. The van der Waals surface area contributed by atoms with E-state index in [1.165, 1.54) is 11.8 Å². The molecule has 5 nitrogen and oxygen atoms in total. The number of sulfone groups is 1. The van der Waals surface area contributed by atoms with Crippen molar-refractivity contribution in [2.75, 3.05) is 16.4 Å². The number of carbonyl (C=O) groups is 1. The average Bonchev–Trinajstić information content (AvgIpc) is 3.07. The highest BCUT2D eigenvalue weighted by atomic mass is 32.2. The summed E-state index contributed by atoms with van der Waals surface area (Å²) >= 11 is 1.39. The van der Waals surface area contributed by atoms with Crippen molar-refractivity contribution in [1.82, 2.24) is 0 Å². The molecule has 0 unspecified atom stereocenters. The molecule has 2 saturated heterocycles. The monoisotopic (exact) mass is 386 g/mol. The summed E-state index contributed by atoms with van der Waals surface area (Å²) in [6.07, 6.45) is 0. The maximum atomic E-state index is 12.5. The summed E-state index contributed by atoms with van der Waals surface area (Å²) in [4.78, 5) is 18.8. The molecular formula is C19H18N2O3S2. The van der Waals surface area contributed by atoms with Crippen LogP contribution >= 0.6 is 11.8 Å². The lowest BCUT2D eigenvalue weighted by atomic mass is 10.1. The maximum Gasteiger partial charge on any atom is 0.279 e. The van der Waals surface area contributed by atoms with Gasteiger partial charge in [0.05, 0.1) is 17.5 Å². The van der Waals surface area contributed by atoms with Crippen molar-refractivity contribution >= 4 is 38.4 Å². The van der Waals surface area contributed by atoms with Gasteiger partial charge in [-0.15, -0.1) is 0 Å². The van der Waals surface area contributed by atoms with E-state index in [1.54, 1.807) is 24.3 Å². The van der Waals surface area contributed by atoms with Crippen LogP contribution < -0.4 is 4.90 Å². The van der Waals surface area contributed by atoms with Gasteiger partial charge >= 0.3 is 0 Å². The van der Waals surface area contributed by atoms with Crippen LogP contribution in [0.25, 0.3) is 0 Å². The molecule has 2 atom stereocenters. The SMILES string of the molecule is Cc1ccc(N2C(=NC(=O)c3ccccc3)S[C@@H]3CS(=O)(=O)C[C@H]32)cc1. The van der Waals surface area contributed by atoms with Gasteiger partial charge < -0.3 is 4.90 Å². The number of hydrogen-bond donors (Lipinski definition) is 0. The topological polar surface area (TPSA) is 66.8 Å². The Balaban J connectivity index is 1.72. The van der Waals surface area contributed by atoms with Crippen LogP contribution in [0.5, 0.6) is 0 Å². The summed E-state index contributed by atoms with van der Waals surface area (Å²) in [5.41, 5.74) is 2.51. The van der Waals surface area contributed by atoms with Gasteiger partial charge in [-0.1, -0.05) is 47.7 Å². The minimum Gasteiger partial charge on any atom is -0.316 e. The number of hydrogen-bond acceptors (Lipinski definition) is 4. The number of benzene rings is 2. The Labute approximate surface area is 157 Å². The summed E-state index contributed by atoms with van der Waals surface area (Å²) in [5.74, 6) is -0.0894. The quantitative estimate of drug-likeness (QED) is 0.794. The van der Waals surface area contributed by atoms with Crippen LogP contribution in [0.3, 0.4) is 0 Å². The van der Waals surface area contributed by atoms with Gasteiger partial charge in [-0.25, -0.2) is 8.42 Å². The van der Waals surface area contributed by atoms with Crippen LogP contribution in [0, 0.1) is 6.92 Å². The van der Waals surface area contributed by atoms with Gasteiger partial charge in [-0.05, 0) is 31.2 Å². The Morgan fingerprint density at radius 1 is 1.08 bits per heavy atom. The van der Waals surface area contributed by atoms with Crippen LogP contribution in [0.1, 0.15) is 15.9 Å². The predicted octanol–water partition coefficient (Wildman–Crippen LogP) is 2.91. The molecule has 134 valence electrons. The number of aliphatic imine (C=N–C) groups is 1. The second-order valence-corrected chi connectivity index (χ2v) is 9.93. The zero-order chi connectivity index (χ0) is 18.3. The highest BCUT2D eigenvalue weighted by Crippen LogP contribution is 2.41. The molecule has 2 fully saturated rings. The van der Waals surface area contributed by atoms with Gasteiger partial charge in [0.15, 0.2) is 15.0 Å². The molecule has 2 aromatic rings. The number of amidine groups is 1. The molecule has 0 N–H and O–H groups in total. The highest BCUT2D eigenvalue weighted by Gasteiger charge is 2.49. The smallest absolute Gasteiger partial charge is 0.279 e. The van der Waals surface area contributed by atoms with Gasteiger partial charge in [-0.3, -0.25) is 4.79 Å². The van der Waals surface area contributed by atoms with Gasteiger partial charge in [0.2, 0.25) is 0 Å². The van der Waals surface area contributed by atoms with E-state index in [4.69, 9.17) is 0 Å². The first-order valence-corrected chi connectivity index (χ1v) is 11.0. The van der Waals surface area contributed by atoms with Crippen LogP contribution in [0.15, 0.2) is 59.6 Å². The van der Waals surface area contributed by atoms with Crippen molar-refractivity contribution in [3.05, 3.63) is 65.7 Å². The number of thioether (sulfide) groups is 1. The third kappa shape index (κ3) is 3.29. The Bertz CT molecular complexity index is 970.